The normalized spacial score (nSPS) is 14.1. The van der Waals surface area contributed by atoms with Gasteiger partial charge in [-0.15, -0.1) is 11.6 Å². The Hall–Kier alpha value is -1.58. The topological polar surface area (TPSA) is 20.3 Å². The fraction of sp³-hybridized carbons (Fsp3) is 0.381. The van der Waals surface area contributed by atoms with E-state index in [4.69, 9.17) is 11.6 Å². The second-order valence-electron chi connectivity index (χ2n) is 7.87. The van der Waals surface area contributed by atoms with Crippen LogP contribution in [-0.4, -0.2) is 24.8 Å². The Balaban J connectivity index is 1.95. The fourth-order valence-electron chi connectivity index (χ4n) is 3.52. The molecular weight excluding hydrogens is 346 g/mol. The summed E-state index contributed by atoms with van der Waals surface area (Å²) in [6.07, 6.45) is 1.97. The lowest BCUT2D eigenvalue weighted by molar-refractivity contribution is 0.0767. The molecule has 2 aromatic carbocycles. The van der Waals surface area contributed by atoms with Crippen LogP contribution in [-0.2, 0) is 19.5 Å². The van der Waals surface area contributed by atoms with Crippen molar-refractivity contribution < 1.29 is 4.79 Å². The van der Waals surface area contributed by atoms with Crippen molar-refractivity contribution in [1.82, 2.24) is 4.90 Å². The van der Waals surface area contributed by atoms with Crippen LogP contribution in [0.1, 0.15) is 33.5 Å². The first-order valence-electron chi connectivity index (χ1n) is 8.95. The molecule has 0 unspecified atom stereocenters. The first-order valence-corrected chi connectivity index (χ1v) is 13.0. The Kier molecular flexibility index (Phi) is 5.35. The zero-order valence-corrected chi connectivity index (χ0v) is 17.1. The van der Waals surface area contributed by atoms with Gasteiger partial charge in [-0.05, 0) is 34.7 Å². The third-order valence-electron chi connectivity index (χ3n) is 4.77. The number of carbonyl (C=O) groups is 1. The Morgan fingerprint density at radius 2 is 1.80 bits per heavy atom. The number of hydrogen-bond donors (Lipinski definition) is 0. The Morgan fingerprint density at radius 1 is 1.08 bits per heavy atom. The second-order valence-corrected chi connectivity index (χ2v) is 13.3. The number of alkyl halides is 1. The maximum absolute atomic E-state index is 13.1. The van der Waals surface area contributed by atoms with Crippen molar-refractivity contribution in [2.75, 3.05) is 5.88 Å². The second kappa shape index (κ2) is 7.34. The van der Waals surface area contributed by atoms with E-state index in [9.17, 15) is 4.79 Å². The monoisotopic (exact) mass is 371 g/mol. The summed E-state index contributed by atoms with van der Waals surface area (Å²) in [6, 6.07) is 14.7. The van der Waals surface area contributed by atoms with Crippen molar-refractivity contribution in [3.63, 3.8) is 0 Å². The van der Waals surface area contributed by atoms with Gasteiger partial charge in [0.25, 0.3) is 5.91 Å². The van der Waals surface area contributed by atoms with Crippen molar-refractivity contribution in [2.24, 2.45) is 0 Å². The summed E-state index contributed by atoms with van der Waals surface area (Å²) in [6.45, 7) is 8.36. The minimum atomic E-state index is -1.60. The summed E-state index contributed by atoms with van der Waals surface area (Å²) in [4.78, 5) is 15.1. The zero-order chi connectivity index (χ0) is 18.0. The number of hydrogen-bond acceptors (Lipinski definition) is 1. The van der Waals surface area contributed by atoms with Gasteiger partial charge in [-0.2, -0.15) is 0 Å². The van der Waals surface area contributed by atoms with E-state index in [0.717, 1.165) is 24.9 Å². The van der Waals surface area contributed by atoms with Gasteiger partial charge in [0.15, 0.2) is 0 Å². The van der Waals surface area contributed by atoms with E-state index in [1.165, 1.54) is 21.9 Å². The standard InChI is InChI=1S/C21H26ClNOSi/c1-25(2,3)19-13-17(10-7-11-22)12-18-15-23(21(24)20(18)19)14-16-8-5-4-6-9-16/h4-6,8-9,12-13H,7,10-11,14-15H2,1-3H3. The van der Waals surface area contributed by atoms with Crippen LogP contribution in [0.5, 0.6) is 0 Å². The molecule has 1 aliphatic heterocycles. The molecular formula is C21H26ClNOSi. The van der Waals surface area contributed by atoms with Crippen molar-refractivity contribution in [2.45, 2.75) is 45.6 Å². The third kappa shape index (κ3) is 3.99. The SMILES string of the molecule is C[Si](C)(C)c1cc(CCCCl)cc2c1C(=O)N(Cc1ccccc1)C2. The lowest BCUT2D eigenvalue weighted by Crippen LogP contribution is -2.42. The van der Waals surface area contributed by atoms with E-state index in [2.05, 4.69) is 43.9 Å². The van der Waals surface area contributed by atoms with Crippen molar-refractivity contribution in [3.8, 4) is 0 Å². The van der Waals surface area contributed by atoms with Gasteiger partial charge in [0.1, 0.15) is 0 Å². The molecule has 0 atom stereocenters. The highest BCUT2D eigenvalue weighted by Gasteiger charge is 2.34. The molecule has 25 heavy (non-hydrogen) atoms. The van der Waals surface area contributed by atoms with E-state index in [1.807, 2.05) is 23.1 Å². The van der Waals surface area contributed by atoms with Gasteiger partial charge in [0.05, 0.1) is 8.07 Å². The van der Waals surface area contributed by atoms with Gasteiger partial charge in [-0.25, -0.2) is 0 Å². The van der Waals surface area contributed by atoms with Gasteiger partial charge in [0.2, 0.25) is 0 Å². The lowest BCUT2D eigenvalue weighted by atomic mass is 10.0. The van der Waals surface area contributed by atoms with E-state index >= 15 is 0 Å². The van der Waals surface area contributed by atoms with Crippen molar-refractivity contribution in [1.29, 1.82) is 0 Å². The molecule has 0 aliphatic carbocycles. The number of fused-ring (bicyclic) bond motifs is 1. The molecule has 0 fully saturated rings. The molecule has 0 spiro atoms. The minimum absolute atomic E-state index is 0.195. The summed E-state index contributed by atoms with van der Waals surface area (Å²) in [5.41, 5.74) is 4.68. The number of benzene rings is 2. The molecule has 2 aromatic rings. The average molecular weight is 372 g/mol. The first-order chi connectivity index (χ1) is 11.9. The van der Waals surface area contributed by atoms with Crippen LogP contribution in [0, 0.1) is 0 Å². The number of rotatable bonds is 6. The maximum atomic E-state index is 13.1. The summed E-state index contributed by atoms with van der Waals surface area (Å²) < 4.78 is 0. The molecule has 0 aromatic heterocycles. The summed E-state index contributed by atoms with van der Waals surface area (Å²) in [5.74, 6) is 0.874. The molecule has 4 heteroatoms. The minimum Gasteiger partial charge on any atom is -0.330 e. The van der Waals surface area contributed by atoms with Crippen molar-refractivity contribution >= 4 is 30.8 Å². The van der Waals surface area contributed by atoms with Crippen LogP contribution in [0.3, 0.4) is 0 Å². The van der Waals surface area contributed by atoms with Crippen LogP contribution < -0.4 is 5.19 Å². The molecule has 2 nitrogen and oxygen atoms in total. The number of aryl methyl sites for hydroxylation is 1. The third-order valence-corrected chi connectivity index (χ3v) is 7.04. The number of halogens is 1. The summed E-state index contributed by atoms with van der Waals surface area (Å²) >= 11 is 5.88. The molecule has 0 bridgehead atoms. The average Bonchev–Trinajstić information content (AvgIpc) is 2.88. The van der Waals surface area contributed by atoms with Gasteiger partial charge in [-0.3, -0.25) is 4.79 Å². The largest absolute Gasteiger partial charge is 0.330 e. The number of nitrogens with zero attached hydrogens (tertiary/aromatic N) is 1. The highest BCUT2D eigenvalue weighted by Crippen LogP contribution is 2.27. The molecule has 0 N–H and O–H groups in total. The van der Waals surface area contributed by atoms with Crippen LogP contribution >= 0.6 is 11.6 Å². The van der Waals surface area contributed by atoms with Gasteiger partial charge >= 0.3 is 0 Å². The molecule has 0 saturated carbocycles. The Morgan fingerprint density at radius 3 is 2.44 bits per heavy atom. The number of amides is 1. The molecule has 1 aliphatic rings. The number of carbonyl (C=O) groups excluding carboxylic acids is 1. The fourth-order valence-corrected chi connectivity index (χ4v) is 5.29. The highest BCUT2D eigenvalue weighted by molar-refractivity contribution is 6.89. The maximum Gasteiger partial charge on any atom is 0.254 e. The first kappa shape index (κ1) is 18.2. The highest BCUT2D eigenvalue weighted by atomic mass is 35.5. The van der Waals surface area contributed by atoms with Gasteiger partial charge in [0, 0.05) is 24.5 Å². The Labute approximate surface area is 156 Å². The van der Waals surface area contributed by atoms with Crippen LogP contribution in [0.4, 0.5) is 0 Å². The van der Waals surface area contributed by atoms with Crippen LogP contribution in [0.2, 0.25) is 19.6 Å². The van der Waals surface area contributed by atoms with Gasteiger partial charge in [-0.1, -0.05) is 62.1 Å². The predicted molar refractivity (Wildman–Crippen MR) is 108 cm³/mol. The lowest BCUT2D eigenvalue weighted by Gasteiger charge is -2.21. The molecule has 3 rings (SSSR count). The summed E-state index contributed by atoms with van der Waals surface area (Å²) in [5, 5.41) is 1.30. The van der Waals surface area contributed by atoms with E-state index < -0.39 is 8.07 Å². The zero-order valence-electron chi connectivity index (χ0n) is 15.3. The molecule has 0 saturated heterocycles. The smallest absolute Gasteiger partial charge is 0.254 e. The van der Waals surface area contributed by atoms with Crippen LogP contribution in [0.25, 0.3) is 0 Å². The molecule has 132 valence electrons. The van der Waals surface area contributed by atoms with E-state index in [1.54, 1.807) is 0 Å². The molecule has 1 amide bonds. The Bertz CT molecular complexity index is 767. The van der Waals surface area contributed by atoms with Gasteiger partial charge < -0.3 is 4.90 Å². The van der Waals surface area contributed by atoms with Crippen LogP contribution in [0.15, 0.2) is 42.5 Å². The summed E-state index contributed by atoms with van der Waals surface area (Å²) in [7, 11) is -1.60. The predicted octanol–water partition coefficient (Wildman–Crippen LogP) is 4.56. The molecule has 0 radical (unpaired) electrons. The van der Waals surface area contributed by atoms with E-state index in [-0.39, 0.29) is 5.91 Å². The quantitative estimate of drug-likeness (QED) is 0.538. The van der Waals surface area contributed by atoms with Crippen molar-refractivity contribution in [3.05, 3.63) is 64.7 Å². The molecule has 1 heterocycles. The van der Waals surface area contributed by atoms with E-state index in [0.29, 0.717) is 12.4 Å².